The van der Waals surface area contributed by atoms with E-state index in [-0.39, 0.29) is 37.5 Å². The van der Waals surface area contributed by atoms with Crippen LogP contribution in [-0.2, 0) is 28.6 Å². The molecule has 0 N–H and O–H groups in total. The maximum atomic E-state index is 12.8. The Kier molecular flexibility index (Phi) is 50.9. The molecule has 0 spiro atoms. The van der Waals surface area contributed by atoms with Gasteiger partial charge >= 0.3 is 17.9 Å². The predicted octanol–water partition coefficient (Wildman–Crippen LogP) is 18.1. The van der Waals surface area contributed by atoms with Crippen molar-refractivity contribution in [1.82, 2.24) is 0 Å². The van der Waals surface area contributed by atoms with E-state index in [0.29, 0.717) is 19.3 Å². The summed E-state index contributed by atoms with van der Waals surface area (Å²) in [5.41, 5.74) is 0. The summed E-state index contributed by atoms with van der Waals surface area (Å²) in [5.74, 6) is -0.994. The van der Waals surface area contributed by atoms with E-state index in [1.54, 1.807) is 0 Å². The Hall–Kier alpha value is -3.67. The van der Waals surface area contributed by atoms with Crippen molar-refractivity contribution in [2.75, 3.05) is 13.2 Å². The number of unbranched alkanes of at least 4 members (excludes halogenated alkanes) is 26. The maximum Gasteiger partial charge on any atom is 0.306 e. The van der Waals surface area contributed by atoms with Gasteiger partial charge in [-0.15, -0.1) is 0 Å². The molecular formula is C60H100O6. The van der Waals surface area contributed by atoms with Gasteiger partial charge in [0.1, 0.15) is 13.2 Å². The van der Waals surface area contributed by atoms with Gasteiger partial charge in [-0.3, -0.25) is 14.4 Å². The van der Waals surface area contributed by atoms with E-state index < -0.39 is 6.10 Å². The van der Waals surface area contributed by atoms with Crippen LogP contribution < -0.4 is 0 Å². The second-order valence-electron chi connectivity index (χ2n) is 17.9. The molecule has 0 aliphatic rings. The van der Waals surface area contributed by atoms with E-state index in [9.17, 15) is 14.4 Å². The minimum atomic E-state index is -0.812. The number of rotatable bonds is 48. The van der Waals surface area contributed by atoms with Crippen LogP contribution in [0, 0.1) is 0 Å². The lowest BCUT2D eigenvalue weighted by Crippen LogP contribution is -2.30. The molecular weight excluding hydrogens is 817 g/mol. The van der Waals surface area contributed by atoms with Crippen LogP contribution in [0.5, 0.6) is 0 Å². The molecule has 0 saturated heterocycles. The van der Waals surface area contributed by atoms with Crippen LogP contribution >= 0.6 is 0 Å². The highest BCUT2D eigenvalue weighted by atomic mass is 16.6. The lowest BCUT2D eigenvalue weighted by molar-refractivity contribution is -0.167. The Morgan fingerprint density at radius 2 is 0.621 bits per heavy atom. The lowest BCUT2D eigenvalue weighted by Gasteiger charge is -2.18. The SMILES string of the molecule is CC\C=C/C=C\C=C/C=C\C=C/CCCC(=O)OCC(COC(=O)CCCCCCCCCCCC/C=C\C=C/CCCCC)OC(=O)CCCCCCC/C=C\CCCCCCCCC. The average molecular weight is 917 g/mol. The maximum absolute atomic E-state index is 12.8. The van der Waals surface area contributed by atoms with Crippen molar-refractivity contribution >= 4 is 17.9 Å². The van der Waals surface area contributed by atoms with Gasteiger partial charge in [-0.25, -0.2) is 0 Å². The van der Waals surface area contributed by atoms with Crippen molar-refractivity contribution in [3.8, 4) is 0 Å². The molecule has 0 radical (unpaired) electrons. The molecule has 0 aliphatic carbocycles. The number of allylic oxidation sites excluding steroid dienone is 16. The summed E-state index contributed by atoms with van der Waals surface area (Å²) in [5, 5.41) is 0. The van der Waals surface area contributed by atoms with Crippen LogP contribution in [0.3, 0.4) is 0 Å². The van der Waals surface area contributed by atoms with E-state index in [0.717, 1.165) is 64.2 Å². The number of ether oxygens (including phenoxy) is 3. The number of carbonyl (C=O) groups excluding carboxylic acids is 3. The Morgan fingerprint density at radius 3 is 1.08 bits per heavy atom. The second-order valence-corrected chi connectivity index (χ2v) is 17.9. The van der Waals surface area contributed by atoms with Crippen LogP contribution in [0.1, 0.15) is 245 Å². The largest absolute Gasteiger partial charge is 0.462 e. The molecule has 376 valence electrons. The van der Waals surface area contributed by atoms with Crippen molar-refractivity contribution in [3.05, 3.63) is 97.2 Å². The first-order valence-corrected chi connectivity index (χ1v) is 27.3. The molecule has 0 aromatic heterocycles. The van der Waals surface area contributed by atoms with Crippen molar-refractivity contribution in [1.29, 1.82) is 0 Å². The number of hydrogen-bond donors (Lipinski definition) is 0. The molecule has 0 aromatic carbocycles. The van der Waals surface area contributed by atoms with Gasteiger partial charge in [0.15, 0.2) is 6.10 Å². The van der Waals surface area contributed by atoms with Gasteiger partial charge in [0.25, 0.3) is 0 Å². The zero-order chi connectivity index (χ0) is 47.9. The highest BCUT2D eigenvalue weighted by molar-refractivity contribution is 5.71. The van der Waals surface area contributed by atoms with Gasteiger partial charge in [0, 0.05) is 19.3 Å². The van der Waals surface area contributed by atoms with Gasteiger partial charge in [0.05, 0.1) is 0 Å². The molecule has 0 heterocycles. The fourth-order valence-electron chi connectivity index (χ4n) is 7.34. The minimum absolute atomic E-state index is 0.106. The number of carbonyl (C=O) groups is 3. The molecule has 6 heteroatoms. The third-order valence-corrected chi connectivity index (χ3v) is 11.4. The third kappa shape index (κ3) is 51.3. The molecule has 6 nitrogen and oxygen atoms in total. The normalized spacial score (nSPS) is 12.8. The number of hydrogen-bond acceptors (Lipinski definition) is 6. The Bertz CT molecular complexity index is 1330. The summed E-state index contributed by atoms with van der Waals surface area (Å²) in [6.45, 7) is 6.39. The standard InChI is InChI=1S/C60H100O6/c1-4-7-10-13-16-19-22-25-27-29-30-31-33-35-38-41-44-47-50-53-59(62)65-56-57(55-64-58(61)52-49-46-43-40-37-34-24-21-18-15-12-9-6-3)66-60(63)54-51-48-45-42-39-36-32-28-26-23-20-17-14-11-8-5-2/h9,12,15-16,18-19,21-22,24-25,28,32,34,37,40,43,57H,4-8,10-11,13-14,17,20,23,26-27,29-31,33,35-36,38-39,41-42,44-56H2,1-3H3/b12-9-,18-15-,19-16-,24-21-,25-22-,32-28-,37-34-,43-40-. The first kappa shape index (κ1) is 62.3. The molecule has 1 unspecified atom stereocenters. The van der Waals surface area contributed by atoms with Gasteiger partial charge in [-0.05, 0) is 83.5 Å². The molecule has 0 saturated carbocycles. The Labute approximate surface area is 407 Å². The predicted molar refractivity (Wildman–Crippen MR) is 284 cm³/mol. The van der Waals surface area contributed by atoms with Crippen LogP contribution in [0.15, 0.2) is 97.2 Å². The summed E-state index contributed by atoms with van der Waals surface area (Å²) in [7, 11) is 0. The molecule has 0 fully saturated rings. The zero-order valence-electron chi connectivity index (χ0n) is 42.9. The highest BCUT2D eigenvalue weighted by Gasteiger charge is 2.19. The second kappa shape index (κ2) is 53.9. The average Bonchev–Trinajstić information content (AvgIpc) is 3.31. The topological polar surface area (TPSA) is 78.9 Å². The van der Waals surface area contributed by atoms with E-state index in [1.807, 2.05) is 54.7 Å². The minimum Gasteiger partial charge on any atom is -0.462 e. The molecule has 1 atom stereocenters. The van der Waals surface area contributed by atoms with Gasteiger partial charge in [-0.1, -0.05) is 240 Å². The fraction of sp³-hybridized carbons (Fsp3) is 0.683. The molecule has 0 aliphatic heterocycles. The van der Waals surface area contributed by atoms with Crippen LogP contribution in [0.2, 0.25) is 0 Å². The fourth-order valence-corrected chi connectivity index (χ4v) is 7.34. The molecule has 0 aromatic rings. The first-order chi connectivity index (χ1) is 32.5. The van der Waals surface area contributed by atoms with Gasteiger partial charge < -0.3 is 14.2 Å². The van der Waals surface area contributed by atoms with E-state index in [1.165, 1.54) is 135 Å². The number of esters is 3. The summed E-state index contributed by atoms with van der Waals surface area (Å²) < 4.78 is 16.8. The van der Waals surface area contributed by atoms with Crippen molar-refractivity contribution < 1.29 is 28.6 Å². The van der Waals surface area contributed by atoms with Crippen molar-refractivity contribution in [2.45, 2.75) is 252 Å². The summed E-state index contributed by atoms with van der Waals surface area (Å²) in [6.07, 6.45) is 71.2. The molecule has 0 rings (SSSR count). The Morgan fingerprint density at radius 1 is 0.318 bits per heavy atom. The molecule has 66 heavy (non-hydrogen) atoms. The first-order valence-electron chi connectivity index (χ1n) is 27.3. The highest BCUT2D eigenvalue weighted by Crippen LogP contribution is 2.15. The lowest BCUT2D eigenvalue weighted by atomic mass is 10.1. The smallest absolute Gasteiger partial charge is 0.306 e. The van der Waals surface area contributed by atoms with E-state index in [4.69, 9.17) is 14.2 Å². The molecule has 0 amide bonds. The van der Waals surface area contributed by atoms with Crippen LogP contribution in [-0.4, -0.2) is 37.2 Å². The van der Waals surface area contributed by atoms with E-state index >= 15 is 0 Å². The quantitative estimate of drug-likeness (QED) is 0.0199. The zero-order valence-corrected chi connectivity index (χ0v) is 42.9. The van der Waals surface area contributed by atoms with Gasteiger partial charge in [0.2, 0.25) is 0 Å². The van der Waals surface area contributed by atoms with Crippen LogP contribution in [0.4, 0.5) is 0 Å². The third-order valence-electron chi connectivity index (χ3n) is 11.4. The Balaban J connectivity index is 4.46. The summed E-state index contributed by atoms with van der Waals surface area (Å²) >= 11 is 0. The summed E-state index contributed by atoms with van der Waals surface area (Å²) in [6, 6.07) is 0. The van der Waals surface area contributed by atoms with Crippen molar-refractivity contribution in [3.63, 3.8) is 0 Å². The van der Waals surface area contributed by atoms with Gasteiger partial charge in [-0.2, -0.15) is 0 Å². The molecule has 0 bridgehead atoms. The summed E-state index contributed by atoms with van der Waals surface area (Å²) in [4.78, 5) is 38.0. The van der Waals surface area contributed by atoms with Crippen LogP contribution in [0.25, 0.3) is 0 Å². The monoisotopic (exact) mass is 917 g/mol. The van der Waals surface area contributed by atoms with Crippen molar-refractivity contribution in [2.24, 2.45) is 0 Å². The van der Waals surface area contributed by atoms with E-state index in [2.05, 4.69) is 63.3 Å².